The van der Waals surface area contributed by atoms with Crippen molar-refractivity contribution < 1.29 is 27.8 Å². The van der Waals surface area contributed by atoms with Gasteiger partial charge >= 0.3 is 12.2 Å². The fourth-order valence-corrected chi connectivity index (χ4v) is 3.95. The lowest BCUT2D eigenvalue weighted by Crippen LogP contribution is -2.59. The Morgan fingerprint density at radius 2 is 1.90 bits per heavy atom. The molecule has 30 heavy (non-hydrogen) atoms. The average molecular weight is 425 g/mol. The Labute approximate surface area is 173 Å². The molecule has 2 aliphatic heterocycles. The molecule has 2 saturated heterocycles. The quantitative estimate of drug-likeness (QED) is 0.596. The number of allylic oxidation sites excluding steroid dienone is 1. The number of nitrogens with zero attached hydrogens (tertiary/aromatic N) is 3. The summed E-state index contributed by atoms with van der Waals surface area (Å²) in [7, 11) is 1.48. The van der Waals surface area contributed by atoms with Gasteiger partial charge < -0.3 is 19.6 Å². The first-order valence-corrected chi connectivity index (χ1v) is 9.75. The molecule has 0 spiro atoms. The lowest BCUT2D eigenvalue weighted by atomic mass is 9.83. The fourth-order valence-electron chi connectivity index (χ4n) is 3.95. The molecular formula is C21H26F3N3O3. The summed E-state index contributed by atoms with van der Waals surface area (Å²) in [5, 5.41) is 9.51. The van der Waals surface area contributed by atoms with Crippen LogP contribution in [0.3, 0.4) is 0 Å². The van der Waals surface area contributed by atoms with Gasteiger partial charge in [-0.05, 0) is 25.0 Å². The van der Waals surface area contributed by atoms with Crippen molar-refractivity contribution in [3.8, 4) is 0 Å². The Hall–Kier alpha value is -2.55. The summed E-state index contributed by atoms with van der Waals surface area (Å²) in [4.78, 5) is 20.3. The van der Waals surface area contributed by atoms with E-state index in [-0.39, 0.29) is 37.5 Å². The van der Waals surface area contributed by atoms with Crippen LogP contribution in [0.5, 0.6) is 0 Å². The second-order valence-electron chi connectivity index (χ2n) is 7.89. The van der Waals surface area contributed by atoms with E-state index in [0.717, 1.165) is 12.1 Å². The van der Waals surface area contributed by atoms with Gasteiger partial charge in [0.1, 0.15) is 0 Å². The minimum Gasteiger partial charge on any atom is -0.484 e. The van der Waals surface area contributed by atoms with Crippen molar-refractivity contribution in [2.75, 3.05) is 33.3 Å². The highest BCUT2D eigenvalue weighted by Crippen LogP contribution is 2.36. The first-order chi connectivity index (χ1) is 14.1. The first kappa shape index (κ1) is 22.1. The minimum atomic E-state index is -4.44. The number of halogens is 3. The van der Waals surface area contributed by atoms with Crippen LogP contribution in [0.2, 0.25) is 0 Å². The SMILES string of the molecule is C=C(C)N=C(OC)C1CC(c2cccc(C(F)(F)F)c2)CN(C(=O)N2CC(O)C2)C1. The van der Waals surface area contributed by atoms with E-state index in [4.69, 9.17) is 4.74 Å². The van der Waals surface area contributed by atoms with E-state index in [2.05, 4.69) is 11.6 Å². The summed E-state index contributed by atoms with van der Waals surface area (Å²) in [5.41, 5.74) is 0.340. The van der Waals surface area contributed by atoms with E-state index in [1.54, 1.807) is 17.9 Å². The van der Waals surface area contributed by atoms with E-state index >= 15 is 0 Å². The van der Waals surface area contributed by atoms with Gasteiger partial charge in [-0.25, -0.2) is 9.79 Å². The van der Waals surface area contributed by atoms with E-state index in [9.17, 15) is 23.1 Å². The number of benzene rings is 1. The normalized spacial score (nSPS) is 23.2. The van der Waals surface area contributed by atoms with Gasteiger partial charge in [0.2, 0.25) is 0 Å². The Balaban J connectivity index is 1.90. The number of β-amino-alcohol motifs (C(OH)–C–C–N with tert-alkyl or cyclic N) is 1. The van der Waals surface area contributed by atoms with Crippen LogP contribution in [0.15, 0.2) is 41.5 Å². The molecule has 6 nitrogen and oxygen atoms in total. The lowest BCUT2D eigenvalue weighted by molar-refractivity contribution is -0.137. The third-order valence-electron chi connectivity index (χ3n) is 5.40. The summed E-state index contributed by atoms with van der Waals surface area (Å²) >= 11 is 0. The van der Waals surface area contributed by atoms with Crippen molar-refractivity contribution in [2.45, 2.75) is 31.5 Å². The fraction of sp³-hybridized carbons (Fsp3) is 0.524. The molecule has 2 aliphatic rings. The number of urea groups is 1. The van der Waals surface area contributed by atoms with Crippen LogP contribution in [0.25, 0.3) is 0 Å². The molecule has 2 heterocycles. The zero-order valence-corrected chi connectivity index (χ0v) is 17.0. The highest BCUT2D eigenvalue weighted by atomic mass is 19.4. The number of ether oxygens (including phenoxy) is 1. The Morgan fingerprint density at radius 1 is 1.23 bits per heavy atom. The van der Waals surface area contributed by atoms with Crippen LogP contribution in [0.4, 0.5) is 18.0 Å². The molecule has 0 aromatic heterocycles. The summed E-state index contributed by atoms with van der Waals surface area (Å²) in [6.07, 6.45) is -4.48. The van der Waals surface area contributed by atoms with Crippen molar-refractivity contribution in [3.63, 3.8) is 0 Å². The van der Waals surface area contributed by atoms with E-state index in [1.165, 1.54) is 18.1 Å². The number of methoxy groups -OCH3 is 1. The molecule has 9 heteroatoms. The van der Waals surface area contributed by atoms with Crippen LogP contribution >= 0.6 is 0 Å². The highest BCUT2D eigenvalue weighted by molar-refractivity contribution is 5.82. The van der Waals surface area contributed by atoms with E-state index in [1.807, 2.05) is 0 Å². The minimum absolute atomic E-state index is 0.243. The molecule has 2 unspecified atom stereocenters. The van der Waals surface area contributed by atoms with Gasteiger partial charge in [0, 0.05) is 24.7 Å². The van der Waals surface area contributed by atoms with E-state index in [0.29, 0.717) is 30.1 Å². The number of alkyl halides is 3. The lowest BCUT2D eigenvalue weighted by Gasteiger charge is -2.44. The van der Waals surface area contributed by atoms with Crippen LogP contribution in [-0.4, -0.2) is 66.2 Å². The second-order valence-corrected chi connectivity index (χ2v) is 7.89. The maximum atomic E-state index is 13.2. The topological polar surface area (TPSA) is 65.4 Å². The predicted octanol–water partition coefficient (Wildman–Crippen LogP) is 3.49. The summed E-state index contributed by atoms with van der Waals surface area (Å²) in [6, 6.07) is 4.98. The molecule has 0 aliphatic carbocycles. The van der Waals surface area contributed by atoms with Crippen molar-refractivity contribution in [1.29, 1.82) is 0 Å². The third-order valence-corrected chi connectivity index (χ3v) is 5.40. The Morgan fingerprint density at radius 3 is 2.47 bits per heavy atom. The Kier molecular flexibility index (Phi) is 6.40. The molecule has 1 aromatic carbocycles. The summed E-state index contributed by atoms with van der Waals surface area (Å²) in [5.74, 6) is -0.192. The molecule has 0 saturated carbocycles. The van der Waals surface area contributed by atoms with Crippen molar-refractivity contribution in [2.24, 2.45) is 10.9 Å². The van der Waals surface area contributed by atoms with Gasteiger partial charge in [0.05, 0.1) is 37.8 Å². The van der Waals surface area contributed by atoms with Crippen LogP contribution in [-0.2, 0) is 10.9 Å². The highest BCUT2D eigenvalue weighted by Gasteiger charge is 2.39. The molecule has 1 N–H and O–H groups in total. The van der Waals surface area contributed by atoms with Gasteiger partial charge in [0.15, 0.2) is 5.90 Å². The van der Waals surface area contributed by atoms with Crippen molar-refractivity contribution >= 4 is 11.9 Å². The molecule has 2 fully saturated rings. The molecule has 2 atom stereocenters. The number of piperidine rings is 1. The number of likely N-dealkylation sites (tertiary alicyclic amines) is 2. The second kappa shape index (κ2) is 8.67. The number of amides is 2. The first-order valence-electron chi connectivity index (χ1n) is 9.75. The number of hydrogen-bond donors (Lipinski definition) is 1. The number of aliphatic hydroxyl groups excluding tert-OH is 1. The van der Waals surface area contributed by atoms with Crippen LogP contribution < -0.4 is 0 Å². The predicted molar refractivity (Wildman–Crippen MR) is 106 cm³/mol. The third kappa shape index (κ3) is 4.95. The van der Waals surface area contributed by atoms with Gasteiger partial charge in [-0.15, -0.1) is 0 Å². The number of carbonyl (C=O) groups excluding carboxylic acids is 1. The number of aliphatic imine (C=N–C) groups is 1. The number of rotatable bonds is 3. The monoisotopic (exact) mass is 425 g/mol. The average Bonchev–Trinajstić information content (AvgIpc) is 2.68. The largest absolute Gasteiger partial charge is 0.484 e. The molecule has 0 radical (unpaired) electrons. The Bertz CT molecular complexity index is 834. The van der Waals surface area contributed by atoms with Gasteiger partial charge in [-0.1, -0.05) is 24.8 Å². The van der Waals surface area contributed by atoms with Crippen LogP contribution in [0, 0.1) is 5.92 Å². The number of aliphatic hydroxyl groups is 1. The zero-order valence-electron chi connectivity index (χ0n) is 17.0. The molecule has 2 amide bonds. The molecule has 0 bridgehead atoms. The smallest absolute Gasteiger partial charge is 0.416 e. The zero-order chi connectivity index (χ0) is 22.1. The standard InChI is InChI=1S/C21H26F3N3O3/c1-13(2)25-19(30-3)16-7-15(14-5-4-6-17(8-14)21(22,23)24)9-26(10-16)20(29)27-11-18(28)12-27/h4-6,8,15-16,18,28H,1,7,9-12H2,2-3H3. The molecular weight excluding hydrogens is 399 g/mol. The maximum absolute atomic E-state index is 13.2. The van der Waals surface area contributed by atoms with E-state index < -0.39 is 17.8 Å². The summed E-state index contributed by atoms with van der Waals surface area (Å²) in [6.45, 7) is 6.61. The van der Waals surface area contributed by atoms with Gasteiger partial charge in [-0.3, -0.25) is 0 Å². The molecule has 1 aromatic rings. The number of hydrogen-bond acceptors (Lipinski definition) is 4. The maximum Gasteiger partial charge on any atom is 0.416 e. The summed E-state index contributed by atoms with van der Waals surface area (Å²) < 4.78 is 45.0. The molecule has 3 rings (SSSR count). The number of carbonyl (C=O) groups is 1. The van der Waals surface area contributed by atoms with Crippen molar-refractivity contribution in [1.82, 2.24) is 9.80 Å². The van der Waals surface area contributed by atoms with Gasteiger partial charge in [0.25, 0.3) is 0 Å². The van der Waals surface area contributed by atoms with Crippen LogP contribution in [0.1, 0.15) is 30.4 Å². The van der Waals surface area contributed by atoms with Gasteiger partial charge in [-0.2, -0.15) is 13.2 Å². The van der Waals surface area contributed by atoms with Crippen molar-refractivity contribution in [3.05, 3.63) is 47.7 Å². The molecule has 164 valence electrons.